The van der Waals surface area contributed by atoms with Gasteiger partial charge in [0.05, 0.1) is 5.56 Å². The van der Waals surface area contributed by atoms with E-state index in [1.54, 1.807) is 30.3 Å². The number of rotatable bonds is 17. The molecule has 0 aliphatic carbocycles. The predicted octanol–water partition coefficient (Wildman–Crippen LogP) is 8.52. The molecule has 0 spiro atoms. The first-order valence-corrected chi connectivity index (χ1v) is 18.2. The maximum absolute atomic E-state index is 14.0. The molecule has 260 valence electrons. The lowest BCUT2D eigenvalue weighted by Gasteiger charge is -2.27. The number of nitrogens with zero attached hydrogens (tertiary/aromatic N) is 1. The van der Waals surface area contributed by atoms with Crippen LogP contribution in [0.15, 0.2) is 52.1 Å². The molecule has 0 saturated carbocycles. The lowest BCUT2D eigenvalue weighted by Crippen LogP contribution is -2.33. The van der Waals surface area contributed by atoms with Crippen molar-refractivity contribution >= 4 is 71.6 Å². The maximum atomic E-state index is 14.0. The van der Waals surface area contributed by atoms with Crippen molar-refractivity contribution in [3.63, 3.8) is 0 Å². The molecule has 8 aromatic rings. The quantitative estimate of drug-likeness (QED) is 0.0250. The number of amides is 1. The van der Waals surface area contributed by atoms with E-state index in [0.717, 1.165) is 38.5 Å². The van der Waals surface area contributed by atoms with Crippen molar-refractivity contribution in [3.8, 4) is 0 Å². The summed E-state index contributed by atoms with van der Waals surface area (Å²) in [7, 11) is 0. The van der Waals surface area contributed by atoms with Crippen LogP contribution in [0.3, 0.4) is 0 Å². The molecule has 3 aromatic heterocycles. The van der Waals surface area contributed by atoms with E-state index in [2.05, 4.69) is 18.8 Å². The molecule has 8 rings (SSSR count). The highest BCUT2D eigenvalue weighted by Gasteiger charge is 2.27. The van der Waals surface area contributed by atoms with Gasteiger partial charge in [-0.1, -0.05) is 96.3 Å². The number of hydrogen-bond donors (Lipinski definition) is 4. The number of aromatic nitrogens is 1. The summed E-state index contributed by atoms with van der Waals surface area (Å²) in [4.78, 5) is 58.2. The van der Waals surface area contributed by atoms with Gasteiger partial charge in [0.25, 0.3) is 11.1 Å². The Morgan fingerprint density at radius 2 is 1.08 bits per heavy atom. The normalized spacial score (nSPS) is 11.9. The van der Waals surface area contributed by atoms with Crippen LogP contribution in [0, 0.1) is 5.41 Å². The number of benzene rings is 5. The summed E-state index contributed by atoms with van der Waals surface area (Å²) in [5, 5.41) is 24.8. The molecule has 10 bridgehead atoms. The highest BCUT2D eigenvalue weighted by molar-refractivity contribution is 6.41. The molecule has 3 heterocycles. The Labute approximate surface area is 290 Å². The van der Waals surface area contributed by atoms with Gasteiger partial charge in [0.1, 0.15) is 5.84 Å². The van der Waals surface area contributed by atoms with E-state index < -0.39 is 23.0 Å². The fourth-order valence-electron chi connectivity index (χ4n) is 7.85. The van der Waals surface area contributed by atoms with Crippen LogP contribution in [0.4, 0.5) is 0 Å². The molecule has 0 unspecified atom stereocenters. The first-order valence-electron chi connectivity index (χ1n) is 18.2. The molecule has 0 atom stereocenters. The Balaban J connectivity index is 1.63. The number of fused-ring (bicyclic) bond motifs is 1. The van der Waals surface area contributed by atoms with Gasteiger partial charge in [0.2, 0.25) is 5.91 Å². The smallest absolute Gasteiger partial charge is 0.336 e. The number of primary amides is 1. The van der Waals surface area contributed by atoms with Crippen LogP contribution in [-0.4, -0.2) is 45.8 Å². The minimum Gasteiger partial charge on any atom is -0.478 e. The van der Waals surface area contributed by atoms with Gasteiger partial charge < -0.3 is 15.7 Å². The van der Waals surface area contributed by atoms with Crippen LogP contribution in [0.1, 0.15) is 117 Å². The Morgan fingerprint density at radius 1 is 0.620 bits per heavy atom. The van der Waals surface area contributed by atoms with Crippen molar-refractivity contribution in [1.29, 1.82) is 5.41 Å². The van der Waals surface area contributed by atoms with Crippen LogP contribution in [0.25, 0.3) is 53.9 Å². The summed E-state index contributed by atoms with van der Waals surface area (Å²) in [6, 6.07) is 11.5. The summed E-state index contributed by atoms with van der Waals surface area (Å²) in [5.74, 6) is -1.75. The average Bonchev–Trinajstić information content (AvgIpc) is 3.15. The van der Waals surface area contributed by atoms with Gasteiger partial charge >= 0.3 is 5.97 Å². The van der Waals surface area contributed by atoms with Gasteiger partial charge in [0, 0.05) is 51.1 Å². The number of carbonyl (C=O) groups excluding carboxylic acids is 1. The molecule has 0 radical (unpaired) electrons. The number of carboxylic acids is 1. The topological polar surface area (TPSA) is 157 Å². The predicted molar refractivity (Wildman–Crippen MR) is 204 cm³/mol. The zero-order chi connectivity index (χ0) is 35.5. The lowest BCUT2D eigenvalue weighted by atomic mass is 9.83. The lowest BCUT2D eigenvalue weighted by molar-refractivity contribution is 0.0699. The molecule has 1 amide bonds. The Morgan fingerprint density at radius 3 is 1.62 bits per heavy atom. The van der Waals surface area contributed by atoms with Crippen LogP contribution < -0.4 is 16.9 Å². The summed E-state index contributed by atoms with van der Waals surface area (Å²) >= 11 is 0. The van der Waals surface area contributed by atoms with Gasteiger partial charge in [-0.15, -0.1) is 0 Å². The summed E-state index contributed by atoms with van der Waals surface area (Å²) in [5.41, 5.74) is 4.88. The second kappa shape index (κ2) is 14.8. The van der Waals surface area contributed by atoms with Crippen molar-refractivity contribution in [3.05, 3.63) is 79.9 Å². The molecular formula is C41H46N4O5. The minimum atomic E-state index is -1.17. The Hall–Kier alpha value is -5.05. The SMILES string of the molecule is CCCCCCCCN(CCCCCCCC)C(=N)c1cc(C(=O)O)c2c3ccc(C(N)=O)c4c5ccc(c6ccc(c(=O)[nH]c5=O)c1c62)c34. The summed E-state index contributed by atoms with van der Waals surface area (Å²) in [6.45, 7) is 5.68. The van der Waals surface area contributed by atoms with E-state index >= 15 is 0 Å². The zero-order valence-electron chi connectivity index (χ0n) is 29.0. The first kappa shape index (κ1) is 34.8. The van der Waals surface area contributed by atoms with E-state index in [9.17, 15) is 29.7 Å². The fourth-order valence-corrected chi connectivity index (χ4v) is 7.85. The van der Waals surface area contributed by atoms with E-state index in [-0.39, 0.29) is 33.1 Å². The molecule has 5 aromatic carbocycles. The van der Waals surface area contributed by atoms with E-state index in [1.165, 1.54) is 50.7 Å². The van der Waals surface area contributed by atoms with Gasteiger partial charge in [-0.05, 0) is 64.0 Å². The third kappa shape index (κ3) is 6.25. The molecule has 5 N–H and O–H groups in total. The minimum absolute atomic E-state index is 0.00936. The molecule has 9 heteroatoms. The number of nitrogens with one attached hydrogen (secondary N) is 2. The van der Waals surface area contributed by atoms with Crippen molar-refractivity contribution in [2.75, 3.05) is 13.1 Å². The standard InChI is InChI=1S/C41H46N4O5/c1-3-5-7-9-11-13-21-45(22-14-12-10-8-6-4-2)37(42)30-23-31(41(49)50)33-26-17-18-27(38(43)46)34-28-19-15-24(32(26)34)25-16-20-29(35(30)36(25)33)40(48)44-39(28)47/h15-20,23,42H,3-14,21-22H2,1-2H3,(H2,43,46)(H,49,50)(H,44,47,48). The fraction of sp³-hybridized carbons (Fsp3) is 0.390. The molecule has 50 heavy (non-hydrogen) atoms. The number of hydrogen-bond acceptors (Lipinski definition) is 5. The van der Waals surface area contributed by atoms with Crippen LogP contribution in [0.2, 0.25) is 0 Å². The molecule has 0 aliphatic heterocycles. The third-order valence-corrected chi connectivity index (χ3v) is 10.3. The van der Waals surface area contributed by atoms with Gasteiger partial charge in [-0.3, -0.25) is 24.8 Å². The molecule has 9 nitrogen and oxygen atoms in total. The van der Waals surface area contributed by atoms with E-state index in [4.69, 9.17) is 5.73 Å². The van der Waals surface area contributed by atoms with Crippen LogP contribution in [0.5, 0.6) is 0 Å². The molecular weight excluding hydrogens is 628 g/mol. The van der Waals surface area contributed by atoms with Crippen LogP contribution in [-0.2, 0) is 0 Å². The highest BCUT2D eigenvalue weighted by Crippen LogP contribution is 2.45. The largest absolute Gasteiger partial charge is 0.478 e. The third-order valence-electron chi connectivity index (χ3n) is 10.3. The monoisotopic (exact) mass is 674 g/mol. The molecule has 0 saturated heterocycles. The van der Waals surface area contributed by atoms with Gasteiger partial charge in [-0.2, -0.15) is 0 Å². The zero-order valence-corrected chi connectivity index (χ0v) is 29.0. The number of aromatic amines is 1. The Kier molecular flexibility index (Phi) is 10.3. The number of H-pyrrole nitrogens is 1. The number of carbonyl (C=O) groups is 2. The first-order chi connectivity index (χ1) is 24.2. The number of unbranched alkanes of at least 4 members (excludes halogenated alkanes) is 10. The molecule has 0 fully saturated rings. The highest BCUT2D eigenvalue weighted by atomic mass is 16.4. The summed E-state index contributed by atoms with van der Waals surface area (Å²) < 4.78 is 0. The second-order valence-corrected chi connectivity index (χ2v) is 13.7. The second-order valence-electron chi connectivity index (χ2n) is 13.7. The number of amidine groups is 1. The van der Waals surface area contributed by atoms with Crippen molar-refractivity contribution in [2.24, 2.45) is 5.73 Å². The van der Waals surface area contributed by atoms with E-state index in [0.29, 0.717) is 56.4 Å². The van der Waals surface area contributed by atoms with Crippen molar-refractivity contribution < 1.29 is 14.7 Å². The summed E-state index contributed by atoms with van der Waals surface area (Å²) in [6.07, 6.45) is 13.2. The van der Waals surface area contributed by atoms with Gasteiger partial charge in [0.15, 0.2) is 0 Å². The van der Waals surface area contributed by atoms with Gasteiger partial charge in [-0.25, -0.2) is 4.79 Å². The van der Waals surface area contributed by atoms with Crippen LogP contribution >= 0.6 is 0 Å². The number of aromatic carboxylic acids is 1. The Bertz CT molecular complexity index is 2330. The number of nitrogens with two attached hydrogens (primary N) is 1. The molecule has 0 aliphatic rings. The van der Waals surface area contributed by atoms with E-state index in [1.807, 2.05) is 4.90 Å². The van der Waals surface area contributed by atoms with Crippen molar-refractivity contribution in [2.45, 2.75) is 90.9 Å². The average molecular weight is 675 g/mol. The maximum Gasteiger partial charge on any atom is 0.336 e. The number of carboxylic acid groups (broad SMARTS) is 1. The van der Waals surface area contributed by atoms with Crippen molar-refractivity contribution in [1.82, 2.24) is 9.88 Å².